The summed E-state index contributed by atoms with van der Waals surface area (Å²) < 4.78 is 20.5. The lowest BCUT2D eigenvalue weighted by molar-refractivity contribution is -0.00539. The predicted molar refractivity (Wildman–Crippen MR) is 119 cm³/mol. The van der Waals surface area contributed by atoms with Gasteiger partial charge in [-0.25, -0.2) is 9.18 Å². The Bertz CT molecular complexity index is 903. The molecule has 2 aromatic carbocycles. The van der Waals surface area contributed by atoms with Gasteiger partial charge in [0.15, 0.2) is 0 Å². The molecule has 2 heterocycles. The van der Waals surface area contributed by atoms with E-state index in [1.165, 1.54) is 11.6 Å². The Labute approximate surface area is 182 Å². The van der Waals surface area contributed by atoms with Crippen LogP contribution >= 0.6 is 0 Å². The maximum absolute atomic E-state index is 14.8. The second-order valence-corrected chi connectivity index (χ2v) is 8.61. The highest BCUT2D eigenvalue weighted by Crippen LogP contribution is 2.30. The van der Waals surface area contributed by atoms with Crippen LogP contribution in [0.25, 0.3) is 0 Å². The zero-order chi connectivity index (χ0) is 22.0. The van der Waals surface area contributed by atoms with E-state index in [1.807, 2.05) is 30.9 Å². The smallest absolute Gasteiger partial charge is 0.321 e. The predicted octanol–water partition coefficient (Wildman–Crippen LogP) is 4.56. The molecule has 2 N–H and O–H groups in total. The molecule has 166 valence electrons. The molecule has 0 spiro atoms. The summed E-state index contributed by atoms with van der Waals surface area (Å²) in [6, 6.07) is 11.9. The van der Waals surface area contributed by atoms with E-state index in [4.69, 9.17) is 4.74 Å². The molecular weight excluding hydrogens is 397 g/mol. The van der Waals surface area contributed by atoms with Crippen LogP contribution in [-0.4, -0.2) is 54.4 Å². The lowest BCUT2D eigenvalue weighted by atomic mass is 9.89. The van der Waals surface area contributed by atoms with Gasteiger partial charge in [0.1, 0.15) is 11.6 Å². The van der Waals surface area contributed by atoms with Gasteiger partial charge in [0.2, 0.25) is 0 Å². The molecule has 0 bridgehead atoms. The van der Waals surface area contributed by atoms with E-state index in [9.17, 15) is 14.3 Å². The molecule has 0 aromatic heterocycles. The van der Waals surface area contributed by atoms with Crippen molar-refractivity contribution in [2.45, 2.75) is 44.8 Å². The average Bonchev–Trinajstić information content (AvgIpc) is 2.74. The lowest BCUT2D eigenvalue weighted by Crippen LogP contribution is -2.45. The monoisotopic (exact) mass is 427 g/mol. The van der Waals surface area contributed by atoms with Crippen LogP contribution in [0.3, 0.4) is 0 Å². The van der Waals surface area contributed by atoms with Crippen LogP contribution < -0.4 is 10.2 Å². The molecule has 2 fully saturated rings. The number of carbonyl (C=O) groups excluding carboxylic acids is 1. The van der Waals surface area contributed by atoms with Crippen LogP contribution in [0, 0.1) is 5.82 Å². The SMILES string of the molecule is C[C@@H]1CN(c2ccc(NC(=O)N3CCC(c4ccc(O)cc4)CC3)cc2F)C[C@H](C)O1. The number of hydrogen-bond donors (Lipinski definition) is 2. The molecule has 2 aromatic rings. The summed E-state index contributed by atoms with van der Waals surface area (Å²) in [6.07, 6.45) is 1.82. The molecule has 7 heteroatoms. The number of amides is 2. The molecule has 0 saturated carbocycles. The van der Waals surface area contributed by atoms with Crippen molar-refractivity contribution in [2.24, 2.45) is 0 Å². The summed E-state index contributed by atoms with van der Waals surface area (Å²) >= 11 is 0. The van der Waals surface area contributed by atoms with Crippen molar-refractivity contribution in [3.05, 3.63) is 53.8 Å². The largest absolute Gasteiger partial charge is 0.508 e. The molecule has 31 heavy (non-hydrogen) atoms. The van der Waals surface area contributed by atoms with Crippen LogP contribution in [0.5, 0.6) is 5.75 Å². The lowest BCUT2D eigenvalue weighted by Gasteiger charge is -2.37. The van der Waals surface area contributed by atoms with Crippen LogP contribution in [0.1, 0.15) is 38.2 Å². The van der Waals surface area contributed by atoms with Gasteiger partial charge in [-0.3, -0.25) is 0 Å². The number of rotatable bonds is 3. The van der Waals surface area contributed by atoms with Crippen LogP contribution in [0.4, 0.5) is 20.6 Å². The summed E-state index contributed by atoms with van der Waals surface area (Å²) in [5, 5.41) is 12.3. The molecule has 2 aliphatic rings. The van der Waals surface area contributed by atoms with Gasteiger partial charge in [-0.2, -0.15) is 0 Å². The number of likely N-dealkylation sites (tertiary alicyclic amines) is 1. The standard InChI is InChI=1S/C24H30FN3O3/c1-16-14-28(15-17(2)31-16)23-8-5-20(13-22(23)25)26-24(30)27-11-9-19(10-12-27)18-3-6-21(29)7-4-18/h3-8,13,16-17,19,29H,9-12,14-15H2,1-2H3,(H,26,30)/t16-,17+. The third-order valence-corrected chi connectivity index (χ3v) is 6.11. The van der Waals surface area contributed by atoms with E-state index >= 15 is 0 Å². The van der Waals surface area contributed by atoms with Gasteiger partial charge in [0.05, 0.1) is 17.9 Å². The zero-order valence-corrected chi connectivity index (χ0v) is 18.1. The molecule has 2 aliphatic heterocycles. The fourth-order valence-corrected chi connectivity index (χ4v) is 4.58. The fourth-order valence-electron chi connectivity index (χ4n) is 4.58. The Morgan fingerprint density at radius 1 is 1.06 bits per heavy atom. The number of phenolic OH excluding ortho intramolecular Hbond substituents is 1. The molecule has 4 rings (SSSR count). The zero-order valence-electron chi connectivity index (χ0n) is 18.1. The molecule has 6 nitrogen and oxygen atoms in total. The minimum Gasteiger partial charge on any atom is -0.508 e. The van der Waals surface area contributed by atoms with E-state index < -0.39 is 0 Å². The number of piperidine rings is 1. The van der Waals surface area contributed by atoms with E-state index in [2.05, 4.69) is 5.32 Å². The second-order valence-electron chi connectivity index (χ2n) is 8.61. The number of carbonyl (C=O) groups is 1. The maximum atomic E-state index is 14.8. The van der Waals surface area contributed by atoms with Gasteiger partial charge < -0.3 is 25.0 Å². The number of nitrogens with one attached hydrogen (secondary N) is 1. The third kappa shape index (κ3) is 5.10. The third-order valence-electron chi connectivity index (χ3n) is 6.11. The van der Waals surface area contributed by atoms with Crippen LogP contribution in [-0.2, 0) is 4.74 Å². The van der Waals surface area contributed by atoms with Crippen LogP contribution in [0.2, 0.25) is 0 Å². The minimum atomic E-state index is -0.342. The van der Waals surface area contributed by atoms with Gasteiger partial charge >= 0.3 is 6.03 Å². The summed E-state index contributed by atoms with van der Waals surface area (Å²) in [7, 11) is 0. The Kier molecular flexibility index (Phi) is 6.32. The van der Waals surface area contributed by atoms with Gasteiger partial charge in [-0.15, -0.1) is 0 Å². The van der Waals surface area contributed by atoms with Gasteiger partial charge in [-0.05, 0) is 68.5 Å². The Hall–Kier alpha value is -2.80. The van der Waals surface area contributed by atoms with Gasteiger partial charge in [0.25, 0.3) is 0 Å². The highest BCUT2D eigenvalue weighted by atomic mass is 19.1. The van der Waals surface area contributed by atoms with Crippen LogP contribution in [0.15, 0.2) is 42.5 Å². The number of nitrogens with zero attached hydrogens (tertiary/aromatic N) is 2. The fraction of sp³-hybridized carbons (Fsp3) is 0.458. The topological polar surface area (TPSA) is 65.0 Å². The van der Waals surface area contributed by atoms with E-state index in [0.29, 0.717) is 43.5 Å². The second kappa shape index (κ2) is 9.14. The number of hydrogen-bond acceptors (Lipinski definition) is 4. The molecule has 0 aliphatic carbocycles. The first-order valence-electron chi connectivity index (χ1n) is 10.9. The number of aromatic hydroxyl groups is 1. The normalized spacial score (nSPS) is 22.4. The number of benzene rings is 2. The highest BCUT2D eigenvalue weighted by Gasteiger charge is 2.26. The molecular formula is C24H30FN3O3. The van der Waals surface area contributed by atoms with Crippen molar-refractivity contribution in [1.82, 2.24) is 4.90 Å². The summed E-state index contributed by atoms with van der Waals surface area (Å²) in [5.41, 5.74) is 2.18. The summed E-state index contributed by atoms with van der Waals surface area (Å²) in [4.78, 5) is 16.4. The van der Waals surface area contributed by atoms with Gasteiger partial charge in [-0.1, -0.05) is 12.1 Å². The first kappa shape index (κ1) is 21.4. The number of halogens is 1. The van der Waals surface area contributed by atoms with Crippen molar-refractivity contribution in [3.63, 3.8) is 0 Å². The molecule has 0 radical (unpaired) electrons. The Balaban J connectivity index is 1.33. The van der Waals surface area contributed by atoms with Crippen molar-refractivity contribution in [3.8, 4) is 5.75 Å². The average molecular weight is 428 g/mol. The summed E-state index contributed by atoms with van der Waals surface area (Å²) in [6.45, 7) is 6.54. The van der Waals surface area contributed by atoms with Crippen molar-refractivity contribution < 1.29 is 19.0 Å². The minimum absolute atomic E-state index is 0.0482. The molecule has 2 saturated heterocycles. The van der Waals surface area contributed by atoms with Crippen molar-refractivity contribution in [2.75, 3.05) is 36.4 Å². The maximum Gasteiger partial charge on any atom is 0.321 e. The van der Waals surface area contributed by atoms with Gasteiger partial charge in [0, 0.05) is 31.9 Å². The van der Waals surface area contributed by atoms with E-state index in [1.54, 1.807) is 29.2 Å². The molecule has 2 amide bonds. The van der Waals surface area contributed by atoms with E-state index in [-0.39, 0.29) is 29.8 Å². The summed E-state index contributed by atoms with van der Waals surface area (Å²) in [5.74, 6) is 0.293. The first-order chi connectivity index (χ1) is 14.9. The van der Waals surface area contributed by atoms with E-state index in [0.717, 1.165) is 12.8 Å². The number of morpholine rings is 1. The Morgan fingerprint density at radius 3 is 2.32 bits per heavy atom. The van der Waals surface area contributed by atoms with Crippen molar-refractivity contribution in [1.29, 1.82) is 0 Å². The number of urea groups is 1. The number of anilines is 2. The van der Waals surface area contributed by atoms with Crippen molar-refractivity contribution >= 4 is 17.4 Å². The first-order valence-corrected chi connectivity index (χ1v) is 10.9. The number of phenols is 1. The Morgan fingerprint density at radius 2 is 1.71 bits per heavy atom. The molecule has 0 unspecified atom stereocenters. The highest BCUT2D eigenvalue weighted by molar-refractivity contribution is 5.89. The number of ether oxygens (including phenoxy) is 1. The molecule has 2 atom stereocenters. The quantitative estimate of drug-likeness (QED) is 0.754.